The summed E-state index contributed by atoms with van der Waals surface area (Å²) in [6.45, 7) is 1.98. The van der Waals surface area contributed by atoms with Gasteiger partial charge in [0, 0.05) is 14.1 Å². The van der Waals surface area contributed by atoms with E-state index in [1.165, 1.54) is 35.3 Å². The number of ether oxygens (including phenoxy) is 1. The Morgan fingerprint density at radius 1 is 1.08 bits per heavy atom. The quantitative estimate of drug-likeness (QED) is 0.777. The van der Waals surface area contributed by atoms with Gasteiger partial charge in [-0.2, -0.15) is 0 Å². The van der Waals surface area contributed by atoms with Gasteiger partial charge in [0.2, 0.25) is 0 Å². The Hall–Kier alpha value is -1.84. The molecule has 1 aromatic carbocycles. The highest BCUT2D eigenvalue weighted by atomic mass is 16.5. The normalized spacial score (nSPS) is 34.6. The van der Waals surface area contributed by atoms with Gasteiger partial charge < -0.3 is 9.64 Å². The number of benzene rings is 1. The molecule has 4 bridgehead atoms. The molecule has 5 rings (SSSR count). The van der Waals surface area contributed by atoms with Crippen LogP contribution in [0.1, 0.15) is 49.7 Å². The van der Waals surface area contributed by atoms with Crippen molar-refractivity contribution in [2.75, 3.05) is 20.7 Å². The molecule has 4 fully saturated rings. The molecule has 4 aliphatic rings. The van der Waals surface area contributed by atoms with E-state index in [1.54, 1.807) is 14.1 Å². The van der Waals surface area contributed by atoms with Crippen molar-refractivity contribution in [3.63, 3.8) is 0 Å². The molecular weight excluding hydrogens is 326 g/mol. The largest absolute Gasteiger partial charge is 0.455 e. The van der Waals surface area contributed by atoms with E-state index in [1.807, 2.05) is 0 Å². The molecule has 0 radical (unpaired) electrons. The van der Waals surface area contributed by atoms with E-state index in [0.717, 1.165) is 19.3 Å². The summed E-state index contributed by atoms with van der Waals surface area (Å²) in [5.74, 6) is 0.916. The molecule has 0 aliphatic heterocycles. The summed E-state index contributed by atoms with van der Waals surface area (Å²) in [6.07, 6.45) is 6.39. The molecule has 26 heavy (non-hydrogen) atoms. The molecule has 0 aromatic heterocycles. The molecule has 4 aliphatic carbocycles. The average molecular weight is 355 g/mol. The number of carbonyl (C=O) groups is 2. The number of nitrogens with zero attached hydrogens (tertiary/aromatic N) is 1. The maximum Gasteiger partial charge on any atom is 0.312 e. The summed E-state index contributed by atoms with van der Waals surface area (Å²) in [6, 6.07) is 8.90. The predicted octanol–water partition coefficient (Wildman–Crippen LogP) is 3.46. The van der Waals surface area contributed by atoms with Crippen LogP contribution in [0, 0.1) is 24.2 Å². The fourth-order valence-corrected chi connectivity index (χ4v) is 6.16. The SMILES string of the molecule is Cc1ccc(C23C[C@@H]4C[C@@H](CC(C(=O)OCC(=O)N(C)C)(C4)C2)C3)cc1. The van der Waals surface area contributed by atoms with Gasteiger partial charge in [-0.15, -0.1) is 0 Å². The van der Waals surface area contributed by atoms with E-state index in [4.69, 9.17) is 4.74 Å². The molecule has 0 saturated heterocycles. The van der Waals surface area contributed by atoms with Crippen molar-refractivity contribution >= 4 is 11.9 Å². The van der Waals surface area contributed by atoms with Crippen LogP contribution in [0.15, 0.2) is 24.3 Å². The van der Waals surface area contributed by atoms with E-state index in [9.17, 15) is 9.59 Å². The zero-order valence-electron chi connectivity index (χ0n) is 16.1. The van der Waals surface area contributed by atoms with Crippen molar-refractivity contribution < 1.29 is 14.3 Å². The highest BCUT2D eigenvalue weighted by Gasteiger charge is 2.61. The van der Waals surface area contributed by atoms with Gasteiger partial charge in [0.05, 0.1) is 5.41 Å². The van der Waals surface area contributed by atoms with E-state index in [0.29, 0.717) is 11.8 Å². The van der Waals surface area contributed by atoms with Gasteiger partial charge in [-0.1, -0.05) is 29.8 Å². The molecule has 140 valence electrons. The van der Waals surface area contributed by atoms with Crippen LogP contribution in [-0.2, 0) is 19.7 Å². The van der Waals surface area contributed by atoms with Gasteiger partial charge in [-0.25, -0.2) is 0 Å². The van der Waals surface area contributed by atoms with Crippen LogP contribution in [-0.4, -0.2) is 37.5 Å². The third-order valence-electron chi connectivity index (χ3n) is 6.98. The third kappa shape index (κ3) is 2.83. The zero-order chi connectivity index (χ0) is 18.5. The number of rotatable bonds is 4. The monoisotopic (exact) mass is 355 g/mol. The first-order chi connectivity index (χ1) is 12.3. The number of likely N-dealkylation sites (N-methyl/N-ethyl adjacent to an activating group) is 1. The summed E-state index contributed by atoms with van der Waals surface area (Å²) in [4.78, 5) is 26.4. The molecular formula is C22H29NO3. The van der Waals surface area contributed by atoms with E-state index in [2.05, 4.69) is 31.2 Å². The molecule has 4 saturated carbocycles. The maximum absolute atomic E-state index is 13.1. The fraction of sp³-hybridized carbons (Fsp3) is 0.636. The molecule has 1 amide bonds. The third-order valence-corrected chi connectivity index (χ3v) is 6.98. The Morgan fingerprint density at radius 3 is 2.27 bits per heavy atom. The Labute approximate surface area is 155 Å². The molecule has 2 unspecified atom stereocenters. The molecule has 4 nitrogen and oxygen atoms in total. The Balaban J connectivity index is 1.59. The average Bonchev–Trinajstić information content (AvgIpc) is 2.58. The maximum atomic E-state index is 13.1. The summed E-state index contributed by atoms with van der Waals surface area (Å²) in [5, 5.41) is 0. The Kier molecular flexibility index (Phi) is 4.13. The first kappa shape index (κ1) is 17.6. The van der Waals surface area contributed by atoms with E-state index >= 15 is 0 Å². The lowest BCUT2D eigenvalue weighted by atomic mass is 9.43. The van der Waals surface area contributed by atoms with Gasteiger partial charge in [-0.05, 0) is 68.3 Å². The molecule has 1 aromatic rings. The number of hydrogen-bond acceptors (Lipinski definition) is 3. The van der Waals surface area contributed by atoms with Crippen LogP contribution in [0.3, 0.4) is 0 Å². The minimum atomic E-state index is -0.387. The van der Waals surface area contributed by atoms with Crippen LogP contribution in [0.2, 0.25) is 0 Å². The first-order valence-electron chi connectivity index (χ1n) is 9.76. The number of aryl methyl sites for hydroxylation is 1. The Morgan fingerprint density at radius 2 is 1.69 bits per heavy atom. The van der Waals surface area contributed by atoms with Crippen molar-refractivity contribution in [2.45, 2.75) is 50.9 Å². The number of amides is 1. The summed E-state index contributed by atoms with van der Waals surface area (Å²) >= 11 is 0. The van der Waals surface area contributed by atoms with Crippen molar-refractivity contribution in [1.82, 2.24) is 4.90 Å². The van der Waals surface area contributed by atoms with Crippen LogP contribution < -0.4 is 0 Å². The fourth-order valence-electron chi connectivity index (χ4n) is 6.16. The molecule has 0 N–H and O–H groups in total. The second-order valence-corrected chi connectivity index (χ2v) is 9.25. The number of carbonyl (C=O) groups excluding carboxylic acids is 2. The second-order valence-electron chi connectivity index (χ2n) is 9.25. The standard InChI is InChI=1S/C22H29NO3/c1-15-4-6-18(7-5-15)21-9-16-8-17(10-21)12-22(11-16,14-21)20(25)26-13-19(24)23(2)3/h4-7,16-17H,8-14H2,1-3H3/t16-,17+,21?,22?. The minimum absolute atomic E-state index is 0.113. The predicted molar refractivity (Wildman–Crippen MR) is 99.6 cm³/mol. The smallest absolute Gasteiger partial charge is 0.312 e. The lowest BCUT2D eigenvalue weighted by molar-refractivity contribution is -0.176. The topological polar surface area (TPSA) is 46.6 Å². The first-order valence-corrected chi connectivity index (χ1v) is 9.76. The van der Waals surface area contributed by atoms with E-state index < -0.39 is 0 Å². The van der Waals surface area contributed by atoms with E-state index in [-0.39, 0.29) is 29.3 Å². The van der Waals surface area contributed by atoms with Gasteiger partial charge in [-0.3, -0.25) is 9.59 Å². The highest BCUT2D eigenvalue weighted by Crippen LogP contribution is 2.66. The lowest BCUT2D eigenvalue weighted by Gasteiger charge is -2.61. The second kappa shape index (κ2) is 6.11. The minimum Gasteiger partial charge on any atom is -0.455 e. The highest BCUT2D eigenvalue weighted by molar-refractivity contribution is 5.83. The van der Waals surface area contributed by atoms with Gasteiger partial charge in [0.1, 0.15) is 0 Å². The van der Waals surface area contributed by atoms with Crippen molar-refractivity contribution in [3.8, 4) is 0 Å². The lowest BCUT2D eigenvalue weighted by Crippen LogP contribution is -2.57. The molecule has 0 heterocycles. The molecule has 4 atom stereocenters. The zero-order valence-corrected chi connectivity index (χ0v) is 16.1. The number of hydrogen-bond donors (Lipinski definition) is 0. The number of esters is 1. The van der Waals surface area contributed by atoms with Crippen LogP contribution in [0.4, 0.5) is 0 Å². The van der Waals surface area contributed by atoms with Crippen LogP contribution in [0.5, 0.6) is 0 Å². The van der Waals surface area contributed by atoms with Crippen molar-refractivity contribution in [2.24, 2.45) is 17.3 Å². The van der Waals surface area contributed by atoms with Crippen LogP contribution >= 0.6 is 0 Å². The van der Waals surface area contributed by atoms with Crippen molar-refractivity contribution in [1.29, 1.82) is 0 Å². The van der Waals surface area contributed by atoms with Gasteiger partial charge >= 0.3 is 5.97 Å². The summed E-state index contributed by atoms with van der Waals surface area (Å²) in [5.41, 5.74) is 2.39. The summed E-state index contributed by atoms with van der Waals surface area (Å²) in [7, 11) is 3.38. The molecule has 0 spiro atoms. The summed E-state index contributed by atoms with van der Waals surface area (Å²) < 4.78 is 5.52. The van der Waals surface area contributed by atoms with Crippen LogP contribution in [0.25, 0.3) is 0 Å². The Bertz CT molecular complexity index is 707. The molecule has 4 heteroatoms. The van der Waals surface area contributed by atoms with Gasteiger partial charge in [0.25, 0.3) is 5.91 Å². The van der Waals surface area contributed by atoms with Crippen molar-refractivity contribution in [3.05, 3.63) is 35.4 Å². The van der Waals surface area contributed by atoms with Gasteiger partial charge in [0.15, 0.2) is 6.61 Å².